The average Bonchev–Trinajstić information content (AvgIpc) is 2.03. The number of rotatable bonds is 1. The van der Waals surface area contributed by atoms with Gasteiger partial charge in [0.15, 0.2) is 0 Å². The fraction of sp³-hybridized carbons (Fsp3) is 0.333. The summed E-state index contributed by atoms with van der Waals surface area (Å²) >= 11 is 0. The van der Waals surface area contributed by atoms with Crippen molar-refractivity contribution in [2.24, 2.45) is 0 Å². The highest BCUT2D eigenvalue weighted by molar-refractivity contribution is 5.46. The molecule has 62 valence electrons. The monoisotopic (exact) mass is 162 g/mol. The second-order valence-corrected chi connectivity index (χ2v) is 2.89. The predicted molar refractivity (Wildman–Crippen MR) is 47.4 cm³/mol. The Hall–Kier alpha value is -1.56. The van der Waals surface area contributed by atoms with Crippen molar-refractivity contribution in [1.29, 1.82) is 0 Å². The van der Waals surface area contributed by atoms with Gasteiger partial charge in [0, 0.05) is 6.07 Å². The summed E-state index contributed by atoms with van der Waals surface area (Å²) in [5.74, 6) is 0.628. The van der Waals surface area contributed by atoms with Crippen LogP contribution in [0, 0.1) is 6.57 Å². The van der Waals surface area contributed by atoms with Crippen LogP contribution in [0.25, 0.3) is 4.85 Å². The Bertz CT molecular complexity index is 371. The largest absolute Gasteiger partial charge is 0.364 e. The van der Waals surface area contributed by atoms with Crippen LogP contribution in [0.1, 0.15) is 25.3 Å². The van der Waals surface area contributed by atoms with Crippen molar-refractivity contribution < 1.29 is 0 Å². The molecule has 1 heterocycles. The molecule has 3 heteroatoms. The fourth-order valence-corrected chi connectivity index (χ4v) is 1.03. The molecule has 0 aliphatic heterocycles. The van der Waals surface area contributed by atoms with Crippen LogP contribution in [0.2, 0.25) is 0 Å². The first kappa shape index (κ1) is 8.54. The summed E-state index contributed by atoms with van der Waals surface area (Å²) in [5.41, 5.74) is 0.676. The quantitative estimate of drug-likeness (QED) is 0.630. The highest BCUT2D eigenvalue weighted by Crippen LogP contribution is 2.22. The highest BCUT2D eigenvalue weighted by Gasteiger charge is 2.05. The Morgan fingerprint density at radius 1 is 1.50 bits per heavy atom. The maximum Gasteiger partial charge on any atom is 0.316 e. The molecule has 0 aromatic carbocycles. The van der Waals surface area contributed by atoms with Gasteiger partial charge in [-0.1, -0.05) is 26.5 Å². The van der Waals surface area contributed by atoms with Crippen molar-refractivity contribution in [2.45, 2.75) is 19.8 Å². The van der Waals surface area contributed by atoms with Crippen molar-refractivity contribution in [3.63, 3.8) is 0 Å². The van der Waals surface area contributed by atoms with Crippen molar-refractivity contribution in [3.8, 4) is 0 Å². The van der Waals surface area contributed by atoms with Crippen molar-refractivity contribution in [2.75, 3.05) is 0 Å². The highest BCUT2D eigenvalue weighted by atomic mass is 16.1. The first-order valence-corrected chi connectivity index (χ1v) is 3.76. The van der Waals surface area contributed by atoms with Gasteiger partial charge in [-0.15, -0.1) is 0 Å². The van der Waals surface area contributed by atoms with Gasteiger partial charge >= 0.3 is 5.56 Å². The number of aromatic amines is 1. The van der Waals surface area contributed by atoms with Crippen LogP contribution in [-0.2, 0) is 0 Å². The minimum atomic E-state index is -0.217. The van der Waals surface area contributed by atoms with Crippen LogP contribution in [0.3, 0.4) is 0 Å². The number of hydrogen-bond acceptors (Lipinski definition) is 1. The molecule has 12 heavy (non-hydrogen) atoms. The van der Waals surface area contributed by atoms with Crippen molar-refractivity contribution in [3.05, 3.63) is 39.5 Å². The zero-order chi connectivity index (χ0) is 9.14. The van der Waals surface area contributed by atoms with Gasteiger partial charge < -0.3 is 4.85 Å². The smallest absolute Gasteiger partial charge is 0.316 e. The van der Waals surface area contributed by atoms with Gasteiger partial charge in [-0.3, -0.25) is 4.98 Å². The van der Waals surface area contributed by atoms with E-state index in [1.165, 1.54) is 6.07 Å². The van der Waals surface area contributed by atoms with Gasteiger partial charge in [0.2, 0.25) is 5.82 Å². The summed E-state index contributed by atoms with van der Waals surface area (Å²) in [6, 6.07) is 3.15. The Labute approximate surface area is 70.9 Å². The molecule has 3 nitrogen and oxygen atoms in total. The van der Waals surface area contributed by atoms with Crippen LogP contribution >= 0.6 is 0 Å². The number of nitrogens with one attached hydrogen (secondary N) is 1. The standard InChI is InChI=1S/C9H10N2O/c1-6(2)7-4-5-8(12)11-9(7)10-3/h4-6H,1-2H3,(H,11,12). The van der Waals surface area contributed by atoms with Crippen molar-refractivity contribution in [1.82, 2.24) is 4.98 Å². The summed E-state index contributed by atoms with van der Waals surface area (Å²) in [4.78, 5) is 16.6. The lowest BCUT2D eigenvalue weighted by molar-refractivity contribution is 0.862. The average molecular weight is 162 g/mol. The minimum Gasteiger partial charge on any atom is -0.364 e. The van der Waals surface area contributed by atoms with Crippen molar-refractivity contribution >= 4 is 5.82 Å². The summed E-state index contributed by atoms with van der Waals surface area (Å²) in [6.07, 6.45) is 0. The molecule has 0 saturated heterocycles. The van der Waals surface area contributed by atoms with Gasteiger partial charge in [0.05, 0.1) is 0 Å². The summed E-state index contributed by atoms with van der Waals surface area (Å²) in [6.45, 7) is 10.8. The lowest BCUT2D eigenvalue weighted by Gasteiger charge is -2.05. The van der Waals surface area contributed by atoms with Crippen LogP contribution < -0.4 is 5.56 Å². The molecular formula is C9H10N2O. The molecule has 1 aromatic rings. The van der Waals surface area contributed by atoms with E-state index < -0.39 is 0 Å². The van der Waals surface area contributed by atoms with Crippen LogP contribution in [0.4, 0.5) is 5.82 Å². The molecule has 0 unspecified atom stereocenters. The summed E-state index contributed by atoms with van der Waals surface area (Å²) < 4.78 is 0. The number of H-pyrrole nitrogens is 1. The second kappa shape index (κ2) is 3.22. The Morgan fingerprint density at radius 3 is 2.67 bits per heavy atom. The van der Waals surface area contributed by atoms with Gasteiger partial charge in [-0.2, -0.15) is 0 Å². The molecule has 0 aliphatic carbocycles. The lowest BCUT2D eigenvalue weighted by atomic mass is 10.1. The third kappa shape index (κ3) is 1.54. The summed E-state index contributed by atoms with van der Waals surface area (Å²) in [7, 11) is 0. The van der Waals surface area contributed by atoms with E-state index in [9.17, 15) is 4.79 Å². The summed E-state index contributed by atoms with van der Waals surface area (Å²) in [5, 5.41) is 0. The molecule has 0 fully saturated rings. The van der Waals surface area contributed by atoms with E-state index in [0.717, 1.165) is 5.56 Å². The number of hydrogen-bond donors (Lipinski definition) is 1. The first-order chi connectivity index (χ1) is 5.65. The molecule has 0 aliphatic rings. The maximum absolute atomic E-state index is 10.8. The molecule has 0 spiro atoms. The van der Waals surface area contributed by atoms with Gasteiger partial charge in [0.1, 0.15) is 0 Å². The maximum atomic E-state index is 10.8. The second-order valence-electron chi connectivity index (χ2n) is 2.89. The molecular weight excluding hydrogens is 152 g/mol. The molecule has 1 aromatic heterocycles. The van der Waals surface area contributed by atoms with E-state index in [0.29, 0.717) is 5.82 Å². The molecule has 0 bridgehead atoms. The van der Waals surface area contributed by atoms with Gasteiger partial charge in [-0.25, -0.2) is 4.79 Å². The predicted octanol–water partition coefficient (Wildman–Crippen LogP) is 2.05. The number of nitrogens with zero attached hydrogens (tertiary/aromatic N) is 1. The fourth-order valence-electron chi connectivity index (χ4n) is 1.03. The van der Waals surface area contributed by atoms with E-state index in [4.69, 9.17) is 6.57 Å². The Morgan fingerprint density at radius 2 is 2.17 bits per heavy atom. The molecule has 1 N–H and O–H groups in total. The molecule has 0 amide bonds. The zero-order valence-electron chi connectivity index (χ0n) is 7.09. The van der Waals surface area contributed by atoms with E-state index in [1.54, 1.807) is 6.07 Å². The third-order valence-electron chi connectivity index (χ3n) is 1.66. The SMILES string of the molecule is [C-]#[N+]c1[nH]c(=O)ccc1C(C)C. The van der Waals surface area contributed by atoms with E-state index >= 15 is 0 Å². The minimum absolute atomic E-state index is 0.217. The van der Waals surface area contributed by atoms with Gasteiger partial charge in [0.25, 0.3) is 0 Å². The van der Waals surface area contributed by atoms with Gasteiger partial charge in [-0.05, 0) is 11.5 Å². The lowest BCUT2D eigenvalue weighted by Crippen LogP contribution is -2.04. The normalized spacial score (nSPS) is 9.83. The van der Waals surface area contributed by atoms with E-state index in [1.807, 2.05) is 13.8 Å². The van der Waals surface area contributed by atoms with E-state index in [-0.39, 0.29) is 11.5 Å². The Balaban J connectivity index is 3.32. The van der Waals surface area contributed by atoms with E-state index in [2.05, 4.69) is 9.83 Å². The van der Waals surface area contributed by atoms with Crippen LogP contribution in [0.15, 0.2) is 16.9 Å². The Kier molecular flexibility index (Phi) is 2.29. The first-order valence-electron chi connectivity index (χ1n) is 3.76. The third-order valence-corrected chi connectivity index (χ3v) is 1.66. The molecule has 0 radical (unpaired) electrons. The zero-order valence-corrected chi connectivity index (χ0v) is 7.09. The topological polar surface area (TPSA) is 37.2 Å². The molecule has 0 saturated carbocycles. The number of pyridine rings is 1. The van der Waals surface area contributed by atoms with Crippen LogP contribution in [-0.4, -0.2) is 4.98 Å². The molecule has 1 rings (SSSR count). The number of aromatic nitrogens is 1. The van der Waals surface area contributed by atoms with Crippen LogP contribution in [0.5, 0.6) is 0 Å². The molecule has 0 atom stereocenters.